The van der Waals surface area contributed by atoms with Gasteiger partial charge >= 0.3 is 0 Å². The first-order valence-electron chi connectivity index (χ1n) is 6.53. The molecule has 0 aromatic carbocycles. The zero-order chi connectivity index (χ0) is 14.8. The third-order valence-corrected chi connectivity index (χ3v) is 4.31. The quantitative estimate of drug-likeness (QED) is 0.770. The molecule has 0 bridgehead atoms. The van der Waals surface area contributed by atoms with Crippen molar-refractivity contribution in [2.24, 2.45) is 0 Å². The number of carbonyl (C=O) groups excluding carboxylic acids is 1. The van der Waals surface area contributed by atoms with E-state index in [9.17, 15) is 4.79 Å². The molecule has 3 aromatic rings. The van der Waals surface area contributed by atoms with Crippen molar-refractivity contribution >= 4 is 33.0 Å². The van der Waals surface area contributed by atoms with E-state index in [1.54, 1.807) is 24.9 Å². The molecule has 0 saturated heterocycles. The number of aromatic nitrogens is 3. The van der Waals surface area contributed by atoms with Gasteiger partial charge in [-0.25, -0.2) is 4.98 Å². The molecule has 0 saturated carbocycles. The van der Waals surface area contributed by atoms with Crippen molar-refractivity contribution < 1.29 is 4.79 Å². The van der Waals surface area contributed by atoms with Crippen LogP contribution in [0.1, 0.15) is 16.6 Å². The lowest BCUT2D eigenvalue weighted by Crippen LogP contribution is -2.35. The van der Waals surface area contributed by atoms with Crippen molar-refractivity contribution in [3.05, 3.63) is 42.1 Å². The minimum absolute atomic E-state index is 0.0190. The highest BCUT2D eigenvalue weighted by Gasteiger charge is 2.18. The number of nitrogens with zero attached hydrogens (tertiary/aromatic N) is 3. The Kier molecular flexibility index (Phi) is 3.57. The Morgan fingerprint density at radius 2 is 2.33 bits per heavy atom. The molecule has 3 rings (SSSR count). The molecule has 3 aromatic heterocycles. The second-order valence-corrected chi connectivity index (χ2v) is 5.90. The second kappa shape index (κ2) is 5.53. The van der Waals surface area contributed by atoms with Crippen LogP contribution in [0.5, 0.6) is 0 Å². The summed E-state index contributed by atoms with van der Waals surface area (Å²) in [6.45, 7) is 2.61. The maximum Gasteiger partial charge on any atom is 0.263 e. The number of hydrogen-bond donors (Lipinski definition) is 2. The Balaban J connectivity index is 1.76. The van der Waals surface area contributed by atoms with Crippen molar-refractivity contribution in [3.8, 4) is 0 Å². The van der Waals surface area contributed by atoms with E-state index in [1.807, 2.05) is 23.8 Å². The van der Waals surface area contributed by atoms with Crippen molar-refractivity contribution in [2.45, 2.75) is 19.5 Å². The van der Waals surface area contributed by atoms with Crippen molar-refractivity contribution in [1.29, 1.82) is 0 Å². The fraction of sp³-hybridized carbons (Fsp3) is 0.214. The molecule has 3 heterocycles. The van der Waals surface area contributed by atoms with E-state index in [4.69, 9.17) is 5.73 Å². The second-order valence-electron chi connectivity index (χ2n) is 4.85. The summed E-state index contributed by atoms with van der Waals surface area (Å²) in [6.07, 6.45) is 8.70. The average molecular weight is 301 g/mol. The van der Waals surface area contributed by atoms with E-state index in [1.165, 1.54) is 11.3 Å². The SMILES string of the molecule is CC(Cn1ccnc1)NC(=O)c1sc2cnccc2c1N. The molecular formula is C14H15N5OS. The summed E-state index contributed by atoms with van der Waals surface area (Å²) in [6, 6.07) is 1.81. The third-order valence-electron chi connectivity index (χ3n) is 3.16. The lowest BCUT2D eigenvalue weighted by molar-refractivity contribution is 0.0941. The molecule has 108 valence electrons. The van der Waals surface area contributed by atoms with Gasteiger partial charge in [-0.3, -0.25) is 9.78 Å². The van der Waals surface area contributed by atoms with E-state index >= 15 is 0 Å². The number of nitrogens with one attached hydrogen (secondary N) is 1. The zero-order valence-electron chi connectivity index (χ0n) is 11.5. The van der Waals surface area contributed by atoms with Gasteiger partial charge in [-0.05, 0) is 13.0 Å². The number of rotatable bonds is 4. The molecule has 21 heavy (non-hydrogen) atoms. The van der Waals surface area contributed by atoms with E-state index in [-0.39, 0.29) is 11.9 Å². The summed E-state index contributed by atoms with van der Waals surface area (Å²) in [5, 5.41) is 3.84. The first-order chi connectivity index (χ1) is 10.1. The molecule has 0 aliphatic rings. The molecule has 6 nitrogen and oxygen atoms in total. The highest BCUT2D eigenvalue weighted by atomic mass is 32.1. The molecule has 3 N–H and O–H groups in total. The van der Waals surface area contributed by atoms with Crippen LogP contribution in [-0.4, -0.2) is 26.5 Å². The molecule has 1 unspecified atom stereocenters. The van der Waals surface area contributed by atoms with E-state index in [2.05, 4.69) is 15.3 Å². The van der Waals surface area contributed by atoms with E-state index < -0.39 is 0 Å². The largest absolute Gasteiger partial charge is 0.397 e. The topological polar surface area (TPSA) is 85.8 Å². The monoisotopic (exact) mass is 301 g/mol. The number of pyridine rings is 1. The van der Waals surface area contributed by atoms with Gasteiger partial charge in [-0.2, -0.15) is 0 Å². The zero-order valence-corrected chi connectivity index (χ0v) is 12.3. The summed E-state index contributed by atoms with van der Waals surface area (Å²) < 4.78 is 2.84. The maximum atomic E-state index is 12.3. The number of thiophene rings is 1. The van der Waals surface area contributed by atoms with Crippen LogP contribution in [0.3, 0.4) is 0 Å². The highest BCUT2D eigenvalue weighted by molar-refractivity contribution is 7.21. The van der Waals surface area contributed by atoms with Gasteiger partial charge in [-0.15, -0.1) is 11.3 Å². The molecule has 1 amide bonds. The van der Waals surface area contributed by atoms with Crippen LogP contribution in [0.25, 0.3) is 10.1 Å². The van der Waals surface area contributed by atoms with Crippen LogP contribution in [0, 0.1) is 0 Å². The molecule has 0 aliphatic heterocycles. The molecule has 0 radical (unpaired) electrons. The average Bonchev–Trinajstić information content (AvgIpc) is 3.07. The Morgan fingerprint density at radius 1 is 1.48 bits per heavy atom. The predicted octanol–water partition coefficient (Wildman–Crippen LogP) is 1.89. The summed E-state index contributed by atoms with van der Waals surface area (Å²) >= 11 is 1.36. The smallest absolute Gasteiger partial charge is 0.263 e. The van der Waals surface area contributed by atoms with Crippen LogP contribution >= 0.6 is 11.3 Å². The lowest BCUT2D eigenvalue weighted by atomic mass is 10.2. The standard InChI is InChI=1S/C14H15N5OS/c1-9(7-19-5-4-17-8-19)18-14(20)13-12(15)10-2-3-16-6-11(10)21-13/h2-6,8-9H,7,15H2,1H3,(H,18,20). The highest BCUT2D eigenvalue weighted by Crippen LogP contribution is 2.32. The first-order valence-corrected chi connectivity index (χ1v) is 7.35. The van der Waals surface area contributed by atoms with Gasteiger partial charge in [0.25, 0.3) is 5.91 Å². The molecule has 1 atom stereocenters. The van der Waals surface area contributed by atoms with Crippen molar-refractivity contribution in [2.75, 3.05) is 5.73 Å². The van der Waals surface area contributed by atoms with Crippen LogP contribution < -0.4 is 11.1 Å². The van der Waals surface area contributed by atoms with E-state index in [0.717, 1.165) is 10.1 Å². The first kappa shape index (κ1) is 13.6. The van der Waals surface area contributed by atoms with Crippen LogP contribution in [0.2, 0.25) is 0 Å². The van der Waals surface area contributed by atoms with Gasteiger partial charge in [-0.1, -0.05) is 0 Å². The summed E-state index contributed by atoms with van der Waals surface area (Å²) in [4.78, 5) is 20.9. The molecule has 0 aliphatic carbocycles. The number of imidazole rings is 1. The number of anilines is 1. The van der Waals surface area contributed by atoms with Gasteiger partial charge in [0.05, 0.1) is 16.7 Å². The number of fused-ring (bicyclic) bond motifs is 1. The number of hydrogen-bond acceptors (Lipinski definition) is 5. The normalized spacial score (nSPS) is 12.4. The van der Waals surface area contributed by atoms with Crippen LogP contribution in [0.4, 0.5) is 5.69 Å². The summed E-state index contributed by atoms with van der Waals surface area (Å²) in [5.41, 5.74) is 6.58. The minimum atomic E-state index is -0.152. The van der Waals surface area contributed by atoms with Crippen molar-refractivity contribution in [3.63, 3.8) is 0 Å². The number of nitrogen functional groups attached to an aromatic ring is 1. The van der Waals surface area contributed by atoms with Crippen molar-refractivity contribution in [1.82, 2.24) is 19.9 Å². The van der Waals surface area contributed by atoms with E-state index in [0.29, 0.717) is 17.1 Å². The number of amides is 1. The van der Waals surface area contributed by atoms with Gasteiger partial charge < -0.3 is 15.6 Å². The minimum Gasteiger partial charge on any atom is -0.397 e. The maximum absolute atomic E-state index is 12.3. The Hall–Kier alpha value is -2.41. The third kappa shape index (κ3) is 2.73. The Morgan fingerprint density at radius 3 is 3.05 bits per heavy atom. The fourth-order valence-electron chi connectivity index (χ4n) is 2.19. The Bertz CT molecular complexity index is 765. The molecular weight excluding hydrogens is 286 g/mol. The van der Waals surface area contributed by atoms with Gasteiger partial charge in [0.1, 0.15) is 4.88 Å². The van der Waals surface area contributed by atoms with Gasteiger partial charge in [0, 0.05) is 42.8 Å². The molecule has 7 heteroatoms. The van der Waals surface area contributed by atoms with Crippen LogP contribution in [0.15, 0.2) is 37.2 Å². The Labute approximate surface area is 125 Å². The predicted molar refractivity (Wildman–Crippen MR) is 83.2 cm³/mol. The lowest BCUT2D eigenvalue weighted by Gasteiger charge is -2.14. The number of carbonyl (C=O) groups is 1. The summed E-state index contributed by atoms with van der Waals surface area (Å²) in [7, 11) is 0. The summed E-state index contributed by atoms with van der Waals surface area (Å²) in [5.74, 6) is -0.152. The fourth-order valence-corrected chi connectivity index (χ4v) is 3.18. The molecule has 0 fully saturated rings. The van der Waals surface area contributed by atoms with Crippen LogP contribution in [-0.2, 0) is 6.54 Å². The molecule has 0 spiro atoms. The number of nitrogens with two attached hydrogens (primary N) is 1. The van der Waals surface area contributed by atoms with Gasteiger partial charge in [0.15, 0.2) is 0 Å². The van der Waals surface area contributed by atoms with Gasteiger partial charge in [0.2, 0.25) is 0 Å².